The van der Waals surface area contributed by atoms with Crippen molar-refractivity contribution >= 4 is 29.1 Å². The van der Waals surface area contributed by atoms with Crippen molar-refractivity contribution < 1.29 is 14.0 Å². The molecule has 1 fully saturated rings. The summed E-state index contributed by atoms with van der Waals surface area (Å²) in [7, 11) is 0. The Bertz CT molecular complexity index is 747. The van der Waals surface area contributed by atoms with Crippen LogP contribution in [-0.4, -0.2) is 18.4 Å². The number of carbonyl (C=O) groups is 2. The second kappa shape index (κ2) is 7.01. The number of nitrogens with one attached hydrogen (secondary N) is 1. The highest BCUT2D eigenvalue weighted by molar-refractivity contribution is 6.30. The first-order chi connectivity index (χ1) is 11.5. The molecule has 1 heterocycles. The molecule has 1 aliphatic rings. The first-order valence-electron chi connectivity index (χ1n) is 7.61. The van der Waals surface area contributed by atoms with E-state index in [2.05, 4.69) is 5.32 Å². The normalized spacial score (nSPS) is 17.2. The van der Waals surface area contributed by atoms with Crippen LogP contribution in [0.1, 0.15) is 12.0 Å². The van der Waals surface area contributed by atoms with E-state index in [1.54, 1.807) is 41.3 Å². The molecule has 6 heteroatoms. The van der Waals surface area contributed by atoms with Gasteiger partial charge in [0.05, 0.1) is 5.92 Å². The van der Waals surface area contributed by atoms with Crippen LogP contribution in [0.25, 0.3) is 0 Å². The molecule has 1 aliphatic heterocycles. The number of halogens is 2. The van der Waals surface area contributed by atoms with E-state index < -0.39 is 5.92 Å². The molecule has 2 aromatic rings. The Labute approximate surface area is 144 Å². The van der Waals surface area contributed by atoms with Gasteiger partial charge in [0.15, 0.2) is 0 Å². The third kappa shape index (κ3) is 3.74. The molecular formula is C18H16ClFN2O2. The molecule has 2 amide bonds. The zero-order valence-electron chi connectivity index (χ0n) is 12.8. The summed E-state index contributed by atoms with van der Waals surface area (Å²) in [6.07, 6.45) is 0.178. The lowest BCUT2D eigenvalue weighted by Crippen LogP contribution is -2.32. The minimum atomic E-state index is -0.395. The number of rotatable bonds is 4. The van der Waals surface area contributed by atoms with Gasteiger partial charge in [-0.1, -0.05) is 23.7 Å². The molecule has 24 heavy (non-hydrogen) atoms. The third-order valence-electron chi connectivity index (χ3n) is 4.01. The van der Waals surface area contributed by atoms with Crippen molar-refractivity contribution in [1.29, 1.82) is 0 Å². The van der Waals surface area contributed by atoms with Gasteiger partial charge in [-0.05, 0) is 42.0 Å². The monoisotopic (exact) mass is 346 g/mol. The van der Waals surface area contributed by atoms with Crippen molar-refractivity contribution in [2.45, 2.75) is 13.0 Å². The maximum Gasteiger partial charge on any atom is 0.227 e. The molecular weight excluding hydrogens is 331 g/mol. The van der Waals surface area contributed by atoms with Crippen LogP contribution in [-0.2, 0) is 16.1 Å². The SMILES string of the molecule is O=C(NCc1ccc(F)cc1)C1CC(=O)N(c2ccc(Cl)cc2)C1. The molecule has 3 rings (SSSR count). The van der Waals surface area contributed by atoms with E-state index in [0.717, 1.165) is 11.3 Å². The lowest BCUT2D eigenvalue weighted by Gasteiger charge is -2.16. The second-order valence-corrected chi connectivity index (χ2v) is 6.16. The molecule has 0 aromatic heterocycles. The average molecular weight is 347 g/mol. The Morgan fingerprint density at radius 1 is 1.17 bits per heavy atom. The molecule has 0 bridgehead atoms. The van der Waals surface area contributed by atoms with Crippen molar-refractivity contribution in [3.05, 3.63) is 64.9 Å². The van der Waals surface area contributed by atoms with Crippen molar-refractivity contribution in [1.82, 2.24) is 5.32 Å². The molecule has 0 saturated carbocycles. The fourth-order valence-electron chi connectivity index (χ4n) is 2.69. The Hall–Kier alpha value is -2.40. The molecule has 0 spiro atoms. The largest absolute Gasteiger partial charge is 0.352 e. The van der Waals surface area contributed by atoms with E-state index in [1.165, 1.54) is 12.1 Å². The van der Waals surface area contributed by atoms with Gasteiger partial charge in [0.1, 0.15) is 5.82 Å². The second-order valence-electron chi connectivity index (χ2n) is 5.73. The predicted molar refractivity (Wildman–Crippen MR) is 90.2 cm³/mol. The number of hydrogen-bond donors (Lipinski definition) is 1. The Morgan fingerprint density at radius 2 is 1.83 bits per heavy atom. The molecule has 0 radical (unpaired) electrons. The quantitative estimate of drug-likeness (QED) is 0.924. The maximum atomic E-state index is 12.9. The number of nitrogens with zero attached hydrogens (tertiary/aromatic N) is 1. The van der Waals surface area contributed by atoms with Crippen LogP contribution in [0.3, 0.4) is 0 Å². The van der Waals surface area contributed by atoms with E-state index in [9.17, 15) is 14.0 Å². The van der Waals surface area contributed by atoms with E-state index >= 15 is 0 Å². The van der Waals surface area contributed by atoms with Crippen LogP contribution >= 0.6 is 11.6 Å². The van der Waals surface area contributed by atoms with Crippen molar-refractivity contribution in [3.8, 4) is 0 Å². The van der Waals surface area contributed by atoms with Crippen LogP contribution < -0.4 is 10.2 Å². The lowest BCUT2D eigenvalue weighted by atomic mass is 10.1. The molecule has 4 nitrogen and oxygen atoms in total. The molecule has 124 valence electrons. The lowest BCUT2D eigenvalue weighted by molar-refractivity contribution is -0.126. The summed E-state index contributed by atoms with van der Waals surface area (Å²) in [6, 6.07) is 12.9. The summed E-state index contributed by atoms with van der Waals surface area (Å²) >= 11 is 5.85. The summed E-state index contributed by atoms with van der Waals surface area (Å²) in [6.45, 7) is 0.653. The summed E-state index contributed by atoms with van der Waals surface area (Å²) < 4.78 is 12.9. The fraction of sp³-hybridized carbons (Fsp3) is 0.222. The highest BCUT2D eigenvalue weighted by atomic mass is 35.5. The first kappa shape index (κ1) is 16.5. The molecule has 2 aromatic carbocycles. The van der Waals surface area contributed by atoms with Crippen LogP contribution in [0, 0.1) is 11.7 Å². The number of amides is 2. The van der Waals surface area contributed by atoms with Gasteiger partial charge < -0.3 is 10.2 Å². The van der Waals surface area contributed by atoms with Gasteiger partial charge in [-0.15, -0.1) is 0 Å². The van der Waals surface area contributed by atoms with E-state index in [-0.39, 0.29) is 24.1 Å². The van der Waals surface area contributed by atoms with Crippen LogP contribution in [0.4, 0.5) is 10.1 Å². The van der Waals surface area contributed by atoms with Gasteiger partial charge in [-0.3, -0.25) is 9.59 Å². The summed E-state index contributed by atoms with van der Waals surface area (Å²) in [5.41, 5.74) is 1.54. The molecule has 0 aliphatic carbocycles. The maximum absolute atomic E-state index is 12.9. The predicted octanol–water partition coefficient (Wildman–Crippen LogP) is 3.15. The van der Waals surface area contributed by atoms with Gasteiger partial charge in [0.2, 0.25) is 11.8 Å². The summed E-state index contributed by atoms with van der Waals surface area (Å²) in [4.78, 5) is 26.0. The van der Waals surface area contributed by atoms with Crippen molar-refractivity contribution in [3.63, 3.8) is 0 Å². The van der Waals surface area contributed by atoms with E-state index in [4.69, 9.17) is 11.6 Å². The van der Waals surface area contributed by atoms with Gasteiger partial charge in [0, 0.05) is 30.2 Å². The van der Waals surface area contributed by atoms with Gasteiger partial charge in [-0.25, -0.2) is 4.39 Å². The fourth-order valence-corrected chi connectivity index (χ4v) is 2.82. The minimum absolute atomic E-state index is 0.0840. The van der Waals surface area contributed by atoms with Crippen LogP contribution in [0.2, 0.25) is 5.02 Å². The number of benzene rings is 2. The van der Waals surface area contributed by atoms with Crippen LogP contribution in [0.5, 0.6) is 0 Å². The van der Waals surface area contributed by atoms with Crippen molar-refractivity contribution in [2.24, 2.45) is 5.92 Å². The standard InChI is InChI=1S/C18H16ClFN2O2/c19-14-3-7-16(8-4-14)22-11-13(9-17(22)23)18(24)21-10-12-1-5-15(20)6-2-12/h1-8,13H,9-11H2,(H,21,24). The Kier molecular flexibility index (Phi) is 4.81. The molecule has 1 atom stereocenters. The Balaban J connectivity index is 1.59. The minimum Gasteiger partial charge on any atom is -0.352 e. The molecule has 1 N–H and O–H groups in total. The van der Waals surface area contributed by atoms with Gasteiger partial charge in [-0.2, -0.15) is 0 Å². The first-order valence-corrected chi connectivity index (χ1v) is 7.99. The van der Waals surface area contributed by atoms with Crippen molar-refractivity contribution in [2.75, 3.05) is 11.4 Å². The van der Waals surface area contributed by atoms with Gasteiger partial charge >= 0.3 is 0 Å². The average Bonchev–Trinajstić information content (AvgIpc) is 2.97. The zero-order chi connectivity index (χ0) is 17.1. The smallest absolute Gasteiger partial charge is 0.227 e. The summed E-state index contributed by atoms with van der Waals surface area (Å²) in [5.74, 6) is -0.970. The highest BCUT2D eigenvalue weighted by Gasteiger charge is 2.34. The van der Waals surface area contributed by atoms with Crippen LogP contribution in [0.15, 0.2) is 48.5 Å². The number of hydrogen-bond acceptors (Lipinski definition) is 2. The summed E-state index contributed by atoms with van der Waals surface area (Å²) in [5, 5.41) is 3.40. The Morgan fingerprint density at radius 3 is 2.50 bits per heavy atom. The number of carbonyl (C=O) groups excluding carboxylic acids is 2. The highest BCUT2D eigenvalue weighted by Crippen LogP contribution is 2.26. The molecule has 1 saturated heterocycles. The zero-order valence-corrected chi connectivity index (χ0v) is 13.6. The van der Waals surface area contributed by atoms with E-state index in [1.807, 2.05) is 0 Å². The number of anilines is 1. The van der Waals surface area contributed by atoms with E-state index in [0.29, 0.717) is 18.1 Å². The molecule has 1 unspecified atom stereocenters. The third-order valence-corrected chi connectivity index (χ3v) is 4.27. The topological polar surface area (TPSA) is 49.4 Å². The van der Waals surface area contributed by atoms with Gasteiger partial charge in [0.25, 0.3) is 0 Å².